The number of nitrogens with zero attached hydrogens (tertiary/aromatic N) is 1. The molecule has 23 heavy (non-hydrogen) atoms. The van der Waals surface area contributed by atoms with Crippen molar-refractivity contribution >= 4 is 27.8 Å². The Balaban J connectivity index is 2.19. The van der Waals surface area contributed by atoms with Crippen LogP contribution in [0.15, 0.2) is 34.1 Å². The number of sulfonamides is 1. The minimum absolute atomic E-state index is 0.0678. The van der Waals surface area contributed by atoms with Crippen LogP contribution in [0.4, 0.5) is 13.2 Å². The van der Waals surface area contributed by atoms with E-state index in [0.717, 1.165) is 28.6 Å². The summed E-state index contributed by atoms with van der Waals surface area (Å²) >= 11 is -0.329. The molecular weight excluding hydrogens is 355 g/mol. The Morgan fingerprint density at radius 3 is 2.26 bits per heavy atom. The van der Waals surface area contributed by atoms with Crippen molar-refractivity contribution in [2.75, 3.05) is 13.1 Å². The fourth-order valence-corrected chi connectivity index (χ4v) is 4.51. The first-order chi connectivity index (χ1) is 10.5. The summed E-state index contributed by atoms with van der Waals surface area (Å²) in [6.45, 7) is 1.58. The van der Waals surface area contributed by atoms with Crippen molar-refractivity contribution in [2.45, 2.75) is 22.2 Å². The lowest BCUT2D eigenvalue weighted by molar-refractivity contribution is -0.142. The molecule has 1 aliphatic heterocycles. The molecule has 0 bridgehead atoms. The Hall–Kier alpha value is -1.26. The van der Waals surface area contributed by atoms with Crippen LogP contribution < -0.4 is 0 Å². The van der Waals surface area contributed by atoms with Gasteiger partial charge in [0.1, 0.15) is 0 Å². The van der Waals surface area contributed by atoms with Gasteiger partial charge in [0, 0.05) is 18.0 Å². The second-order valence-corrected chi connectivity index (χ2v) is 8.34. The van der Waals surface area contributed by atoms with Gasteiger partial charge in [-0.05, 0) is 41.9 Å². The summed E-state index contributed by atoms with van der Waals surface area (Å²) in [6, 6.07) is 4.36. The van der Waals surface area contributed by atoms with Gasteiger partial charge < -0.3 is 5.11 Å². The van der Waals surface area contributed by atoms with Crippen LogP contribution in [0, 0.1) is 11.8 Å². The van der Waals surface area contributed by atoms with E-state index in [1.54, 1.807) is 6.92 Å². The molecule has 1 saturated heterocycles. The number of hydrogen-bond donors (Lipinski definition) is 1. The monoisotopic (exact) mass is 369 g/mol. The van der Waals surface area contributed by atoms with E-state index in [4.69, 9.17) is 5.11 Å². The molecule has 5 nitrogen and oxygen atoms in total. The van der Waals surface area contributed by atoms with Gasteiger partial charge in [0.05, 0.1) is 10.8 Å². The van der Waals surface area contributed by atoms with Crippen molar-refractivity contribution in [3.8, 4) is 0 Å². The topological polar surface area (TPSA) is 74.7 Å². The number of rotatable bonds is 4. The van der Waals surface area contributed by atoms with Gasteiger partial charge in [0.2, 0.25) is 10.0 Å². The van der Waals surface area contributed by atoms with Crippen LogP contribution in [0.1, 0.15) is 6.92 Å². The number of thioether (sulfide) groups is 1. The molecule has 1 fully saturated rings. The van der Waals surface area contributed by atoms with E-state index in [0.29, 0.717) is 0 Å². The van der Waals surface area contributed by atoms with Crippen LogP contribution in [-0.4, -0.2) is 42.4 Å². The molecule has 128 valence electrons. The maximum absolute atomic E-state index is 12.4. The first kappa shape index (κ1) is 18.1. The van der Waals surface area contributed by atoms with E-state index < -0.39 is 27.4 Å². The van der Waals surface area contributed by atoms with Crippen molar-refractivity contribution in [3.63, 3.8) is 0 Å². The smallest absolute Gasteiger partial charge is 0.446 e. The fourth-order valence-electron chi connectivity index (χ4n) is 2.40. The second kappa shape index (κ2) is 6.33. The number of alkyl halides is 3. The molecule has 1 N–H and O–H groups in total. The number of carbonyl (C=O) groups is 1. The quantitative estimate of drug-likeness (QED) is 0.826. The predicted octanol–water partition coefficient (Wildman–Crippen LogP) is 2.64. The van der Waals surface area contributed by atoms with Gasteiger partial charge in [-0.25, -0.2) is 8.42 Å². The van der Waals surface area contributed by atoms with E-state index in [1.165, 1.54) is 0 Å². The average Bonchev–Trinajstić information content (AvgIpc) is 2.80. The first-order valence-corrected chi connectivity index (χ1v) is 8.85. The van der Waals surface area contributed by atoms with Crippen molar-refractivity contribution < 1.29 is 31.5 Å². The Morgan fingerprint density at radius 1 is 1.26 bits per heavy atom. The zero-order valence-electron chi connectivity index (χ0n) is 11.9. The van der Waals surface area contributed by atoms with E-state index in [-0.39, 0.29) is 40.6 Å². The molecule has 1 aliphatic rings. The van der Waals surface area contributed by atoms with E-state index in [9.17, 15) is 26.4 Å². The molecule has 0 aromatic heterocycles. The zero-order chi connectivity index (χ0) is 17.4. The second-order valence-electron chi connectivity index (χ2n) is 5.26. The average molecular weight is 369 g/mol. The maximum Gasteiger partial charge on any atom is 0.446 e. The normalized spacial score (nSPS) is 23.1. The maximum atomic E-state index is 12.4. The lowest BCUT2D eigenvalue weighted by Gasteiger charge is -2.16. The molecular formula is C13H14F3NO4S2. The summed E-state index contributed by atoms with van der Waals surface area (Å²) in [7, 11) is -3.92. The van der Waals surface area contributed by atoms with Gasteiger partial charge >= 0.3 is 11.5 Å². The number of carboxylic acids is 1. The van der Waals surface area contributed by atoms with E-state index >= 15 is 0 Å². The summed E-state index contributed by atoms with van der Waals surface area (Å²) in [5.41, 5.74) is -4.44. The van der Waals surface area contributed by atoms with Gasteiger partial charge in [0.25, 0.3) is 0 Å². The molecule has 0 radical (unpaired) electrons. The molecule has 10 heteroatoms. The third-order valence-corrected chi connectivity index (χ3v) is 6.18. The standard InChI is InChI=1S/C13H14F3NO4S2/c1-8-6-17(7-11(8)12(18)19)23(20,21)10-4-2-9(3-5-10)22-13(14,15)16/h2-5,8,11H,6-7H2,1H3,(H,18,19)/t8-,11-/m1/s1. The third kappa shape index (κ3) is 4.18. The number of halogens is 3. The van der Waals surface area contributed by atoms with E-state index in [2.05, 4.69) is 0 Å². The van der Waals surface area contributed by atoms with Crippen LogP contribution in [0.3, 0.4) is 0 Å². The van der Waals surface area contributed by atoms with Gasteiger partial charge in [-0.1, -0.05) is 6.92 Å². The highest BCUT2D eigenvalue weighted by atomic mass is 32.2. The van der Waals surface area contributed by atoms with Gasteiger partial charge in [-0.2, -0.15) is 17.5 Å². The molecule has 0 unspecified atom stereocenters. The molecule has 1 heterocycles. The summed E-state index contributed by atoms with van der Waals surface area (Å²) in [5, 5.41) is 9.05. The van der Waals surface area contributed by atoms with Crippen LogP contribution in [0.25, 0.3) is 0 Å². The highest BCUT2D eigenvalue weighted by Crippen LogP contribution is 2.37. The summed E-state index contributed by atoms with van der Waals surface area (Å²) in [4.78, 5) is 10.8. The Labute approximate surface area is 135 Å². The first-order valence-electron chi connectivity index (χ1n) is 6.59. The van der Waals surface area contributed by atoms with Crippen molar-refractivity contribution in [3.05, 3.63) is 24.3 Å². The summed E-state index contributed by atoms with van der Waals surface area (Å²) < 4.78 is 62.7. The molecule has 0 amide bonds. The van der Waals surface area contributed by atoms with Crippen LogP contribution in [0.2, 0.25) is 0 Å². The van der Waals surface area contributed by atoms with Crippen LogP contribution in [-0.2, 0) is 14.8 Å². The fraction of sp³-hybridized carbons (Fsp3) is 0.462. The molecule has 1 aromatic carbocycles. The Morgan fingerprint density at radius 2 is 1.83 bits per heavy atom. The summed E-state index contributed by atoms with van der Waals surface area (Å²) in [5.74, 6) is -2.18. The molecule has 1 aromatic rings. The van der Waals surface area contributed by atoms with Gasteiger partial charge in [-0.15, -0.1) is 0 Å². The molecule has 2 atom stereocenters. The Kier molecular flexibility index (Phi) is 4.97. The number of hydrogen-bond acceptors (Lipinski definition) is 4. The van der Waals surface area contributed by atoms with Crippen molar-refractivity contribution in [1.82, 2.24) is 4.31 Å². The minimum atomic E-state index is -4.44. The van der Waals surface area contributed by atoms with Crippen LogP contribution in [0.5, 0.6) is 0 Å². The van der Waals surface area contributed by atoms with Gasteiger partial charge in [-0.3, -0.25) is 4.79 Å². The molecule has 0 spiro atoms. The number of aliphatic carboxylic acids is 1. The third-order valence-electron chi connectivity index (χ3n) is 3.59. The predicted molar refractivity (Wildman–Crippen MR) is 77.4 cm³/mol. The highest BCUT2D eigenvalue weighted by Gasteiger charge is 2.40. The number of benzene rings is 1. The lowest BCUT2D eigenvalue weighted by atomic mass is 9.99. The number of carboxylic acid groups (broad SMARTS) is 1. The van der Waals surface area contributed by atoms with E-state index in [1.807, 2.05) is 0 Å². The molecule has 0 aliphatic carbocycles. The zero-order valence-corrected chi connectivity index (χ0v) is 13.6. The summed E-state index contributed by atoms with van der Waals surface area (Å²) in [6.07, 6.45) is 0. The molecule has 0 saturated carbocycles. The van der Waals surface area contributed by atoms with Crippen molar-refractivity contribution in [1.29, 1.82) is 0 Å². The van der Waals surface area contributed by atoms with Crippen LogP contribution >= 0.6 is 11.8 Å². The molecule has 2 rings (SSSR count). The Bertz CT molecular complexity index is 688. The van der Waals surface area contributed by atoms with Crippen molar-refractivity contribution in [2.24, 2.45) is 11.8 Å². The van der Waals surface area contributed by atoms with Gasteiger partial charge in [0.15, 0.2) is 0 Å². The SMILES string of the molecule is C[C@@H]1CN(S(=O)(=O)c2ccc(SC(F)(F)F)cc2)C[C@H]1C(=O)O. The minimum Gasteiger partial charge on any atom is -0.481 e. The highest BCUT2D eigenvalue weighted by molar-refractivity contribution is 8.00. The lowest BCUT2D eigenvalue weighted by Crippen LogP contribution is -2.30. The largest absolute Gasteiger partial charge is 0.481 e.